The maximum atomic E-state index is 14.0. The van der Waals surface area contributed by atoms with E-state index in [-0.39, 0.29) is 5.78 Å². The third-order valence-electron chi connectivity index (χ3n) is 6.54. The smallest absolute Gasteiger partial charge is 0.185 e. The van der Waals surface area contributed by atoms with E-state index in [9.17, 15) is 19.7 Å². The number of ketones is 1. The molecule has 3 aromatic rings. The zero-order valence-corrected chi connectivity index (χ0v) is 18.9. The van der Waals surface area contributed by atoms with Gasteiger partial charge in [0.05, 0.1) is 18.2 Å². The highest BCUT2D eigenvalue weighted by Gasteiger charge is 2.63. The molecule has 4 nitrogen and oxygen atoms in total. The summed E-state index contributed by atoms with van der Waals surface area (Å²) < 4.78 is 14.4. The van der Waals surface area contributed by atoms with E-state index in [0.29, 0.717) is 5.56 Å². The van der Waals surface area contributed by atoms with Gasteiger partial charge in [-0.05, 0) is 53.6 Å². The summed E-state index contributed by atoms with van der Waals surface area (Å²) in [4.78, 5) is 15.9. The number of carbonyl (C=O) groups is 1. The van der Waals surface area contributed by atoms with E-state index in [1.165, 1.54) is 24.3 Å². The third kappa shape index (κ3) is 3.18. The van der Waals surface area contributed by atoms with Crippen molar-refractivity contribution < 1.29 is 9.18 Å². The van der Waals surface area contributed by atoms with Gasteiger partial charge < -0.3 is 4.90 Å². The lowest BCUT2D eigenvalue weighted by molar-refractivity contribution is 0.0951. The summed E-state index contributed by atoms with van der Waals surface area (Å²) in [5, 5.41) is 20.8. The Morgan fingerprint density at radius 3 is 2.30 bits per heavy atom. The molecule has 0 amide bonds. The molecule has 0 aromatic heterocycles. The van der Waals surface area contributed by atoms with Crippen molar-refractivity contribution >= 4 is 33.5 Å². The van der Waals surface area contributed by atoms with Gasteiger partial charge >= 0.3 is 0 Å². The monoisotopic (exact) mass is 497 g/mol. The zero-order chi connectivity index (χ0) is 23.2. The first-order chi connectivity index (χ1) is 16.0. The molecule has 5 rings (SSSR count). The van der Waals surface area contributed by atoms with E-state index >= 15 is 0 Å². The minimum atomic E-state index is -1.50. The number of nitriles is 2. The molecule has 0 radical (unpaired) electrons. The molecule has 2 aliphatic rings. The Labute approximate surface area is 199 Å². The van der Waals surface area contributed by atoms with E-state index in [4.69, 9.17) is 0 Å². The van der Waals surface area contributed by atoms with Crippen molar-refractivity contribution in [1.29, 1.82) is 10.5 Å². The normalized spacial score (nSPS) is 22.1. The fourth-order valence-corrected chi connectivity index (χ4v) is 5.33. The van der Waals surface area contributed by atoms with E-state index in [0.717, 1.165) is 21.3 Å². The standard InChI is InChI=1S/C27H17BrFN3O/c28-20-10-5-18(6-11-20)24-25(26(33)19-7-12-21(29)13-8-19)32-22-4-2-1-3-17(22)9-14-23(32)27(24,15-30)16-31/h1-14,23-25H/t23-,24-,25+/m1/s1. The van der Waals surface area contributed by atoms with Crippen LogP contribution in [0.4, 0.5) is 10.1 Å². The zero-order valence-electron chi connectivity index (χ0n) is 17.3. The quantitative estimate of drug-likeness (QED) is 0.424. The Kier molecular flexibility index (Phi) is 5.12. The summed E-state index contributed by atoms with van der Waals surface area (Å²) in [6.07, 6.45) is 3.75. The highest BCUT2D eigenvalue weighted by atomic mass is 79.9. The van der Waals surface area contributed by atoms with Gasteiger partial charge in [0.25, 0.3) is 0 Å². The first-order valence-corrected chi connectivity index (χ1v) is 11.2. The second kappa shape index (κ2) is 7.99. The first kappa shape index (κ1) is 21.1. The van der Waals surface area contributed by atoms with Crippen molar-refractivity contribution in [2.45, 2.75) is 18.0 Å². The molecular formula is C27H17BrFN3O. The van der Waals surface area contributed by atoms with Crippen molar-refractivity contribution in [2.75, 3.05) is 4.90 Å². The molecule has 3 aromatic carbocycles. The van der Waals surface area contributed by atoms with Gasteiger partial charge in [0.15, 0.2) is 11.2 Å². The Balaban J connectivity index is 1.78. The van der Waals surface area contributed by atoms with Crippen LogP contribution in [-0.4, -0.2) is 17.9 Å². The van der Waals surface area contributed by atoms with E-state index < -0.39 is 29.2 Å². The molecule has 0 spiro atoms. The first-order valence-electron chi connectivity index (χ1n) is 10.4. The molecule has 1 saturated heterocycles. The number of hydrogen-bond donors (Lipinski definition) is 0. The molecule has 0 N–H and O–H groups in total. The number of hydrogen-bond acceptors (Lipinski definition) is 4. The van der Waals surface area contributed by atoms with Crippen LogP contribution < -0.4 is 4.90 Å². The summed E-state index contributed by atoms with van der Waals surface area (Å²) in [5.41, 5.74) is 1.26. The summed E-state index contributed by atoms with van der Waals surface area (Å²) in [6, 6.07) is 23.5. The van der Waals surface area contributed by atoms with Crippen LogP contribution in [0.2, 0.25) is 0 Å². The lowest BCUT2D eigenvalue weighted by atomic mass is 9.69. The summed E-state index contributed by atoms with van der Waals surface area (Å²) >= 11 is 3.43. The average Bonchev–Trinajstić information content (AvgIpc) is 3.15. The average molecular weight is 498 g/mol. The molecule has 0 unspecified atom stereocenters. The minimum absolute atomic E-state index is 0.259. The van der Waals surface area contributed by atoms with Gasteiger partial charge in [0.1, 0.15) is 11.9 Å². The van der Waals surface area contributed by atoms with Crippen LogP contribution >= 0.6 is 15.9 Å². The Hall–Kier alpha value is -3.74. The van der Waals surface area contributed by atoms with Crippen molar-refractivity contribution in [3.63, 3.8) is 0 Å². The number of halogens is 2. The topological polar surface area (TPSA) is 67.9 Å². The number of para-hydroxylation sites is 1. The number of fused-ring (bicyclic) bond motifs is 3. The van der Waals surface area contributed by atoms with Crippen molar-refractivity contribution in [3.8, 4) is 12.1 Å². The predicted molar refractivity (Wildman–Crippen MR) is 127 cm³/mol. The molecule has 33 heavy (non-hydrogen) atoms. The number of Topliss-reactive ketones (excluding diaryl/α,β-unsaturated/α-hetero) is 1. The number of benzene rings is 3. The number of rotatable bonds is 3. The minimum Gasteiger partial charge on any atom is -0.351 e. The summed E-state index contributed by atoms with van der Waals surface area (Å²) in [6.45, 7) is 0. The van der Waals surface area contributed by atoms with Crippen molar-refractivity contribution in [2.24, 2.45) is 5.41 Å². The van der Waals surface area contributed by atoms with E-state index in [1.54, 1.807) is 0 Å². The Morgan fingerprint density at radius 2 is 1.64 bits per heavy atom. The molecule has 1 fully saturated rings. The molecule has 0 saturated carbocycles. The number of nitrogens with zero attached hydrogens (tertiary/aromatic N) is 3. The fraction of sp³-hybridized carbons (Fsp3) is 0.148. The Bertz CT molecular complexity index is 1340. The van der Waals surface area contributed by atoms with Crippen LogP contribution in [0.1, 0.15) is 27.4 Å². The second-order valence-electron chi connectivity index (χ2n) is 8.21. The molecule has 0 aliphatic carbocycles. The lowest BCUT2D eigenvalue weighted by Crippen LogP contribution is -2.44. The molecule has 160 valence electrons. The maximum absolute atomic E-state index is 14.0. The van der Waals surface area contributed by atoms with E-state index in [1.807, 2.05) is 65.6 Å². The summed E-state index contributed by atoms with van der Waals surface area (Å²) in [5.74, 6) is -1.42. The van der Waals surface area contributed by atoms with Gasteiger partial charge in [-0.1, -0.05) is 58.4 Å². The van der Waals surface area contributed by atoms with Gasteiger partial charge in [0.2, 0.25) is 0 Å². The molecule has 0 bridgehead atoms. The molecule has 3 atom stereocenters. The van der Waals surface area contributed by atoms with Gasteiger partial charge in [-0.15, -0.1) is 0 Å². The molecule has 2 aliphatic heterocycles. The summed E-state index contributed by atoms with van der Waals surface area (Å²) in [7, 11) is 0. The number of anilines is 1. The van der Waals surface area contributed by atoms with Crippen LogP contribution in [0.15, 0.2) is 83.3 Å². The highest BCUT2D eigenvalue weighted by molar-refractivity contribution is 9.10. The van der Waals surface area contributed by atoms with Crippen LogP contribution in [0, 0.1) is 33.9 Å². The van der Waals surface area contributed by atoms with Crippen molar-refractivity contribution in [3.05, 3.63) is 106 Å². The Morgan fingerprint density at radius 1 is 0.970 bits per heavy atom. The van der Waals surface area contributed by atoms with Crippen LogP contribution in [0.25, 0.3) is 6.08 Å². The molecule has 6 heteroatoms. The van der Waals surface area contributed by atoms with Crippen LogP contribution in [0.5, 0.6) is 0 Å². The van der Waals surface area contributed by atoms with Crippen molar-refractivity contribution in [1.82, 2.24) is 0 Å². The van der Waals surface area contributed by atoms with Crippen LogP contribution in [-0.2, 0) is 0 Å². The number of carbonyl (C=O) groups excluding carboxylic acids is 1. The van der Waals surface area contributed by atoms with Gasteiger partial charge in [-0.3, -0.25) is 4.79 Å². The third-order valence-corrected chi connectivity index (χ3v) is 7.07. The van der Waals surface area contributed by atoms with Crippen LogP contribution in [0.3, 0.4) is 0 Å². The largest absolute Gasteiger partial charge is 0.351 e. The molecule has 2 heterocycles. The maximum Gasteiger partial charge on any atom is 0.185 e. The lowest BCUT2D eigenvalue weighted by Gasteiger charge is -2.35. The SMILES string of the molecule is N#CC1(C#N)[C@H](c2ccc(Br)cc2)[C@@H](C(=O)c2ccc(F)cc2)N2c3ccccc3C=C[C@@H]21. The highest BCUT2D eigenvalue weighted by Crippen LogP contribution is 2.55. The van der Waals surface area contributed by atoms with Gasteiger partial charge in [-0.25, -0.2) is 4.39 Å². The fourth-order valence-electron chi connectivity index (χ4n) is 5.06. The van der Waals surface area contributed by atoms with Gasteiger partial charge in [0, 0.05) is 21.6 Å². The second-order valence-corrected chi connectivity index (χ2v) is 9.12. The predicted octanol–water partition coefficient (Wildman–Crippen LogP) is 5.87. The molecular weight excluding hydrogens is 481 g/mol. The van der Waals surface area contributed by atoms with Gasteiger partial charge in [-0.2, -0.15) is 10.5 Å². The van der Waals surface area contributed by atoms with E-state index in [2.05, 4.69) is 28.1 Å².